The van der Waals surface area contributed by atoms with Crippen LogP contribution >= 0.6 is 0 Å². The van der Waals surface area contributed by atoms with Crippen molar-refractivity contribution in [3.8, 4) is 0 Å². The number of carbonyl (C=O) groups excluding carboxylic acids is 1. The second-order valence-corrected chi connectivity index (χ2v) is 5.50. The average molecular weight is 235 g/mol. The van der Waals surface area contributed by atoms with Crippen LogP contribution in [-0.4, -0.2) is 46.3 Å². The molecule has 7 heteroatoms. The largest absolute Gasteiger partial charge is 0.354 e. The molecule has 0 saturated heterocycles. The molecule has 1 fully saturated rings. The van der Waals surface area contributed by atoms with E-state index in [1.54, 1.807) is 0 Å². The first-order valence-electron chi connectivity index (χ1n) is 4.92. The molecular weight excluding hydrogens is 218 g/mol. The van der Waals surface area contributed by atoms with Crippen LogP contribution in [0, 0.1) is 0 Å². The van der Waals surface area contributed by atoms with E-state index in [9.17, 15) is 13.2 Å². The summed E-state index contributed by atoms with van der Waals surface area (Å²) in [7, 11) is -3.15. The summed E-state index contributed by atoms with van der Waals surface area (Å²) in [6.45, 7) is 0.857. The fraction of sp³-hybridized carbons (Fsp3) is 0.875. The van der Waals surface area contributed by atoms with Gasteiger partial charge in [0.15, 0.2) is 0 Å². The van der Waals surface area contributed by atoms with Crippen molar-refractivity contribution in [2.24, 2.45) is 0 Å². The zero-order valence-corrected chi connectivity index (χ0v) is 9.56. The fourth-order valence-electron chi connectivity index (χ4n) is 1.03. The maximum Gasteiger partial charge on any atom is 0.234 e. The zero-order valence-electron chi connectivity index (χ0n) is 8.75. The van der Waals surface area contributed by atoms with Crippen LogP contribution in [0.3, 0.4) is 0 Å². The van der Waals surface area contributed by atoms with Gasteiger partial charge in [0.2, 0.25) is 15.9 Å². The quantitative estimate of drug-likeness (QED) is 0.464. The number of amides is 1. The standard InChI is InChI=1S/C8H17N3O3S/c1-15(13,14)11-5-4-9-8(12)6-10-7-2-3-7/h7,10-11H,2-6H2,1H3,(H,9,12). The van der Waals surface area contributed by atoms with Crippen molar-refractivity contribution in [2.45, 2.75) is 18.9 Å². The average Bonchev–Trinajstić information content (AvgIpc) is 2.91. The highest BCUT2D eigenvalue weighted by molar-refractivity contribution is 7.88. The van der Waals surface area contributed by atoms with Crippen LogP contribution in [0.2, 0.25) is 0 Å². The first-order valence-corrected chi connectivity index (χ1v) is 6.81. The molecule has 6 nitrogen and oxygen atoms in total. The van der Waals surface area contributed by atoms with Crippen LogP contribution in [-0.2, 0) is 14.8 Å². The van der Waals surface area contributed by atoms with E-state index < -0.39 is 10.0 Å². The summed E-state index contributed by atoms with van der Waals surface area (Å²) in [6.07, 6.45) is 3.37. The van der Waals surface area contributed by atoms with Crippen molar-refractivity contribution in [3.63, 3.8) is 0 Å². The molecule has 0 heterocycles. The molecule has 0 radical (unpaired) electrons. The van der Waals surface area contributed by atoms with Crippen molar-refractivity contribution >= 4 is 15.9 Å². The van der Waals surface area contributed by atoms with E-state index in [1.165, 1.54) is 0 Å². The lowest BCUT2D eigenvalue weighted by Gasteiger charge is -2.06. The predicted octanol–water partition coefficient (Wildman–Crippen LogP) is -1.60. The molecule has 0 unspecified atom stereocenters. The van der Waals surface area contributed by atoms with E-state index >= 15 is 0 Å². The molecule has 0 aromatic rings. The summed E-state index contributed by atoms with van der Waals surface area (Å²) in [5.41, 5.74) is 0. The van der Waals surface area contributed by atoms with Gasteiger partial charge in [-0.25, -0.2) is 13.1 Å². The van der Waals surface area contributed by atoms with Gasteiger partial charge in [-0.3, -0.25) is 4.79 Å². The van der Waals surface area contributed by atoms with Crippen molar-refractivity contribution in [2.75, 3.05) is 25.9 Å². The van der Waals surface area contributed by atoms with Gasteiger partial charge in [-0.05, 0) is 12.8 Å². The number of sulfonamides is 1. The van der Waals surface area contributed by atoms with Gasteiger partial charge < -0.3 is 10.6 Å². The molecule has 0 atom stereocenters. The van der Waals surface area contributed by atoms with Crippen molar-refractivity contribution in [1.82, 2.24) is 15.4 Å². The summed E-state index contributed by atoms with van der Waals surface area (Å²) < 4.78 is 23.6. The summed E-state index contributed by atoms with van der Waals surface area (Å²) in [5.74, 6) is -0.0998. The lowest BCUT2D eigenvalue weighted by Crippen LogP contribution is -2.39. The Hall–Kier alpha value is -0.660. The van der Waals surface area contributed by atoms with E-state index in [-0.39, 0.29) is 12.5 Å². The molecule has 88 valence electrons. The minimum absolute atomic E-state index is 0.0998. The summed E-state index contributed by atoms with van der Waals surface area (Å²) in [6, 6.07) is 0.505. The minimum Gasteiger partial charge on any atom is -0.354 e. The predicted molar refractivity (Wildman–Crippen MR) is 56.9 cm³/mol. The van der Waals surface area contributed by atoms with Crippen LogP contribution in [0.25, 0.3) is 0 Å². The number of hydrogen-bond acceptors (Lipinski definition) is 4. The van der Waals surface area contributed by atoms with Crippen LogP contribution in [0.15, 0.2) is 0 Å². The van der Waals surface area contributed by atoms with Gasteiger partial charge >= 0.3 is 0 Å². The molecule has 1 amide bonds. The van der Waals surface area contributed by atoms with Crippen molar-refractivity contribution in [1.29, 1.82) is 0 Å². The summed E-state index contributed by atoms with van der Waals surface area (Å²) in [4.78, 5) is 11.1. The van der Waals surface area contributed by atoms with Gasteiger partial charge in [-0.1, -0.05) is 0 Å². The Kier molecular flexibility index (Phi) is 4.49. The Morgan fingerprint density at radius 2 is 2.00 bits per heavy atom. The molecule has 1 aliphatic carbocycles. The number of carbonyl (C=O) groups is 1. The number of nitrogens with one attached hydrogen (secondary N) is 3. The molecule has 15 heavy (non-hydrogen) atoms. The molecule has 1 rings (SSSR count). The van der Waals surface area contributed by atoms with E-state index in [0.29, 0.717) is 19.1 Å². The Bertz CT molecular complexity index is 311. The van der Waals surface area contributed by atoms with Gasteiger partial charge in [-0.2, -0.15) is 0 Å². The first kappa shape index (κ1) is 12.4. The Labute approximate surface area is 89.9 Å². The maximum atomic E-state index is 11.1. The topological polar surface area (TPSA) is 87.3 Å². The second-order valence-electron chi connectivity index (χ2n) is 3.67. The van der Waals surface area contributed by atoms with Gasteiger partial charge in [0, 0.05) is 19.1 Å². The molecule has 1 saturated carbocycles. The van der Waals surface area contributed by atoms with Crippen LogP contribution in [0.1, 0.15) is 12.8 Å². The normalized spacial score (nSPS) is 16.3. The molecule has 0 aromatic heterocycles. The summed E-state index contributed by atoms with van der Waals surface area (Å²) in [5, 5.41) is 5.67. The van der Waals surface area contributed by atoms with Crippen LogP contribution in [0.4, 0.5) is 0 Å². The van der Waals surface area contributed by atoms with Gasteiger partial charge in [-0.15, -0.1) is 0 Å². The highest BCUT2D eigenvalue weighted by Crippen LogP contribution is 2.17. The zero-order chi connectivity index (χ0) is 11.3. The van der Waals surface area contributed by atoms with Gasteiger partial charge in [0.1, 0.15) is 0 Å². The molecule has 1 aliphatic rings. The van der Waals surface area contributed by atoms with Crippen LogP contribution in [0.5, 0.6) is 0 Å². The molecule has 3 N–H and O–H groups in total. The fourth-order valence-corrected chi connectivity index (χ4v) is 1.50. The van der Waals surface area contributed by atoms with E-state index in [0.717, 1.165) is 19.1 Å². The van der Waals surface area contributed by atoms with Crippen molar-refractivity contribution in [3.05, 3.63) is 0 Å². The lowest BCUT2D eigenvalue weighted by molar-refractivity contribution is -0.120. The molecule has 0 bridgehead atoms. The Morgan fingerprint density at radius 1 is 1.33 bits per heavy atom. The van der Waals surface area contributed by atoms with E-state index in [2.05, 4.69) is 15.4 Å². The summed E-state index contributed by atoms with van der Waals surface area (Å²) >= 11 is 0. The third-order valence-electron chi connectivity index (χ3n) is 1.94. The Morgan fingerprint density at radius 3 is 2.53 bits per heavy atom. The van der Waals surface area contributed by atoms with Gasteiger partial charge in [0.05, 0.1) is 12.8 Å². The first-order chi connectivity index (χ1) is 6.97. The van der Waals surface area contributed by atoms with Gasteiger partial charge in [0.25, 0.3) is 0 Å². The molecular formula is C8H17N3O3S. The van der Waals surface area contributed by atoms with Crippen molar-refractivity contribution < 1.29 is 13.2 Å². The minimum atomic E-state index is -3.15. The third kappa shape index (κ3) is 7.29. The molecule has 0 aromatic carbocycles. The SMILES string of the molecule is CS(=O)(=O)NCCNC(=O)CNC1CC1. The smallest absolute Gasteiger partial charge is 0.234 e. The van der Waals surface area contributed by atoms with E-state index in [4.69, 9.17) is 0 Å². The maximum absolute atomic E-state index is 11.1. The number of hydrogen-bond donors (Lipinski definition) is 3. The molecule has 0 spiro atoms. The highest BCUT2D eigenvalue weighted by atomic mass is 32.2. The second kappa shape index (κ2) is 5.43. The number of rotatable bonds is 7. The van der Waals surface area contributed by atoms with E-state index in [1.807, 2.05) is 0 Å². The Balaban J connectivity index is 1.96. The monoisotopic (exact) mass is 235 g/mol. The lowest BCUT2D eigenvalue weighted by atomic mass is 10.5. The third-order valence-corrected chi connectivity index (χ3v) is 2.67. The van der Waals surface area contributed by atoms with Crippen LogP contribution < -0.4 is 15.4 Å². The molecule has 0 aliphatic heterocycles. The highest BCUT2D eigenvalue weighted by Gasteiger charge is 2.20.